The summed E-state index contributed by atoms with van der Waals surface area (Å²) in [5.41, 5.74) is 0.531. The first-order valence-corrected chi connectivity index (χ1v) is 7.32. The van der Waals surface area contributed by atoms with Crippen LogP contribution >= 0.6 is 0 Å². The average molecular weight is 330 g/mol. The summed E-state index contributed by atoms with van der Waals surface area (Å²) in [6, 6.07) is 4.82. The van der Waals surface area contributed by atoms with Crippen molar-refractivity contribution in [3.63, 3.8) is 0 Å². The third kappa shape index (κ3) is 3.08. The maximum absolute atomic E-state index is 12.8. The Labute approximate surface area is 139 Å². The van der Waals surface area contributed by atoms with E-state index in [1.54, 1.807) is 18.2 Å². The van der Waals surface area contributed by atoms with Gasteiger partial charge in [-0.3, -0.25) is 9.59 Å². The van der Waals surface area contributed by atoms with Gasteiger partial charge in [-0.1, -0.05) is 18.2 Å². The van der Waals surface area contributed by atoms with Gasteiger partial charge in [-0.15, -0.1) is 0 Å². The number of ether oxygens (including phenoxy) is 2. The summed E-state index contributed by atoms with van der Waals surface area (Å²) < 4.78 is 9.68. The van der Waals surface area contributed by atoms with E-state index in [0.717, 1.165) is 0 Å². The molecule has 0 aromatic heterocycles. The Morgan fingerprint density at radius 2 is 2.00 bits per heavy atom. The van der Waals surface area contributed by atoms with Crippen LogP contribution in [0.2, 0.25) is 0 Å². The largest absolute Gasteiger partial charge is 0.507 e. The zero-order valence-electron chi connectivity index (χ0n) is 13.7. The van der Waals surface area contributed by atoms with E-state index in [1.807, 2.05) is 0 Å². The van der Waals surface area contributed by atoms with E-state index >= 15 is 0 Å². The molecule has 0 amide bonds. The second-order valence-corrected chi connectivity index (χ2v) is 5.28. The Bertz CT molecular complexity index is 757. The summed E-state index contributed by atoms with van der Waals surface area (Å²) in [5, 5.41) is 10.6. The molecule has 0 spiro atoms. The molecule has 0 bridgehead atoms. The summed E-state index contributed by atoms with van der Waals surface area (Å²) in [6.07, 6.45) is 2.74. The molecule has 2 rings (SSSR count). The van der Waals surface area contributed by atoms with Gasteiger partial charge in [0.1, 0.15) is 11.5 Å². The molecule has 1 atom stereocenters. The van der Waals surface area contributed by atoms with E-state index in [2.05, 4.69) is 4.74 Å². The minimum Gasteiger partial charge on any atom is -0.507 e. The molecule has 0 aliphatic heterocycles. The molecule has 0 saturated carbocycles. The number of esters is 1. The number of Topliss-reactive ketones (excluding diaryl/α,β-unsaturated/α-hetero) is 2. The highest BCUT2D eigenvalue weighted by Gasteiger charge is 2.37. The Morgan fingerprint density at radius 3 is 2.58 bits per heavy atom. The maximum Gasteiger partial charge on any atom is 0.330 e. The molecule has 1 aromatic carbocycles. The summed E-state index contributed by atoms with van der Waals surface area (Å²) in [6.45, 7) is 1.29. The van der Waals surface area contributed by atoms with Gasteiger partial charge < -0.3 is 14.6 Å². The number of carbonyl (C=O) groups excluding carboxylic acids is 3. The number of benzene rings is 1. The van der Waals surface area contributed by atoms with Gasteiger partial charge in [-0.25, -0.2) is 4.79 Å². The SMILES string of the molecule is COC(=O)C=CCC1C(=O)c2cccc(OC)c2C(O)=C1C(C)=O. The fraction of sp³-hybridized carbons (Fsp3) is 0.278. The molecule has 0 fully saturated rings. The van der Waals surface area contributed by atoms with Gasteiger partial charge in [0.25, 0.3) is 0 Å². The number of hydrogen-bond donors (Lipinski definition) is 1. The summed E-state index contributed by atoms with van der Waals surface area (Å²) >= 11 is 0. The monoisotopic (exact) mass is 330 g/mol. The number of allylic oxidation sites excluding steroid dienone is 2. The van der Waals surface area contributed by atoms with Crippen LogP contribution in [0.4, 0.5) is 0 Å². The van der Waals surface area contributed by atoms with Crippen LogP contribution in [-0.4, -0.2) is 36.9 Å². The quantitative estimate of drug-likeness (QED) is 0.659. The Balaban J connectivity index is 2.53. The lowest BCUT2D eigenvalue weighted by Gasteiger charge is -2.26. The predicted octanol–water partition coefficient (Wildman–Crippen LogP) is 2.49. The van der Waals surface area contributed by atoms with Crippen LogP contribution in [0.3, 0.4) is 0 Å². The van der Waals surface area contributed by atoms with E-state index in [1.165, 1.54) is 33.3 Å². The smallest absolute Gasteiger partial charge is 0.330 e. The summed E-state index contributed by atoms with van der Waals surface area (Å²) in [5.74, 6) is -2.07. The van der Waals surface area contributed by atoms with Crippen LogP contribution in [0.1, 0.15) is 29.3 Å². The number of rotatable bonds is 5. The molecule has 126 valence electrons. The number of aliphatic hydroxyl groups excluding tert-OH is 1. The van der Waals surface area contributed by atoms with Crippen molar-refractivity contribution in [2.75, 3.05) is 14.2 Å². The van der Waals surface area contributed by atoms with Crippen molar-refractivity contribution in [1.82, 2.24) is 0 Å². The van der Waals surface area contributed by atoms with Crippen molar-refractivity contribution in [2.24, 2.45) is 5.92 Å². The lowest BCUT2D eigenvalue weighted by atomic mass is 9.77. The molecule has 24 heavy (non-hydrogen) atoms. The number of aliphatic hydroxyl groups is 1. The van der Waals surface area contributed by atoms with Crippen LogP contribution in [0.15, 0.2) is 35.9 Å². The predicted molar refractivity (Wildman–Crippen MR) is 86.8 cm³/mol. The summed E-state index contributed by atoms with van der Waals surface area (Å²) in [7, 11) is 2.67. The number of carbonyl (C=O) groups is 3. The molecule has 1 aliphatic carbocycles. The molecule has 0 saturated heterocycles. The Hall–Kier alpha value is -2.89. The fourth-order valence-electron chi connectivity index (χ4n) is 2.77. The first kappa shape index (κ1) is 17.5. The molecule has 1 aromatic rings. The molecule has 1 N–H and O–H groups in total. The maximum atomic E-state index is 12.8. The van der Waals surface area contributed by atoms with E-state index in [4.69, 9.17) is 4.74 Å². The first-order chi connectivity index (χ1) is 11.4. The van der Waals surface area contributed by atoms with Crippen LogP contribution < -0.4 is 4.74 Å². The van der Waals surface area contributed by atoms with Crippen LogP contribution in [0, 0.1) is 5.92 Å². The molecule has 6 heteroatoms. The van der Waals surface area contributed by atoms with E-state index in [9.17, 15) is 19.5 Å². The highest BCUT2D eigenvalue weighted by molar-refractivity contribution is 6.16. The van der Waals surface area contributed by atoms with Crippen molar-refractivity contribution in [3.05, 3.63) is 47.1 Å². The second-order valence-electron chi connectivity index (χ2n) is 5.28. The highest BCUT2D eigenvalue weighted by Crippen LogP contribution is 2.40. The Morgan fingerprint density at radius 1 is 1.29 bits per heavy atom. The van der Waals surface area contributed by atoms with Crippen molar-refractivity contribution >= 4 is 23.3 Å². The van der Waals surface area contributed by atoms with Crippen molar-refractivity contribution in [1.29, 1.82) is 0 Å². The lowest BCUT2D eigenvalue weighted by molar-refractivity contribution is -0.134. The zero-order chi connectivity index (χ0) is 17.9. The highest BCUT2D eigenvalue weighted by atomic mass is 16.5. The van der Waals surface area contributed by atoms with Crippen LogP contribution in [-0.2, 0) is 14.3 Å². The topological polar surface area (TPSA) is 89.9 Å². The normalized spacial score (nSPS) is 17.0. The van der Waals surface area contributed by atoms with Gasteiger partial charge in [0.2, 0.25) is 0 Å². The number of ketones is 2. The van der Waals surface area contributed by atoms with Crippen molar-refractivity contribution in [2.45, 2.75) is 13.3 Å². The lowest BCUT2D eigenvalue weighted by Crippen LogP contribution is -2.27. The summed E-state index contributed by atoms with van der Waals surface area (Å²) in [4.78, 5) is 35.9. The van der Waals surface area contributed by atoms with E-state index < -0.39 is 17.7 Å². The van der Waals surface area contributed by atoms with Crippen LogP contribution in [0.5, 0.6) is 5.75 Å². The van der Waals surface area contributed by atoms with Gasteiger partial charge in [0, 0.05) is 17.2 Å². The molecule has 0 radical (unpaired) electrons. The van der Waals surface area contributed by atoms with Gasteiger partial charge >= 0.3 is 5.97 Å². The molecule has 0 heterocycles. The van der Waals surface area contributed by atoms with Gasteiger partial charge in [-0.05, 0) is 19.4 Å². The minimum atomic E-state index is -0.858. The number of hydrogen-bond acceptors (Lipinski definition) is 6. The molecular formula is C18H18O6. The van der Waals surface area contributed by atoms with Crippen LogP contribution in [0.25, 0.3) is 5.76 Å². The Kier molecular flexibility index (Phi) is 5.18. The average Bonchev–Trinajstić information content (AvgIpc) is 2.57. The van der Waals surface area contributed by atoms with E-state index in [0.29, 0.717) is 5.75 Å². The minimum absolute atomic E-state index is 0.0199. The molecular weight excluding hydrogens is 312 g/mol. The standard InChI is InChI=1S/C18H18O6/c1-10(19)15-11(7-5-9-14(20)24-3)17(21)12-6-4-8-13(23-2)16(12)18(15)22/h4-6,8-9,11,22H,7H2,1-3H3. The molecule has 6 nitrogen and oxygen atoms in total. The number of fused-ring (bicyclic) bond motifs is 1. The van der Waals surface area contributed by atoms with Crippen molar-refractivity contribution < 1.29 is 29.0 Å². The number of methoxy groups -OCH3 is 2. The first-order valence-electron chi connectivity index (χ1n) is 7.32. The van der Waals surface area contributed by atoms with Gasteiger partial charge in [0.15, 0.2) is 11.6 Å². The van der Waals surface area contributed by atoms with Gasteiger partial charge in [0.05, 0.1) is 25.7 Å². The molecule has 1 unspecified atom stereocenters. The fourth-order valence-corrected chi connectivity index (χ4v) is 2.77. The third-order valence-corrected chi connectivity index (χ3v) is 3.87. The van der Waals surface area contributed by atoms with E-state index in [-0.39, 0.29) is 34.7 Å². The van der Waals surface area contributed by atoms with Crippen molar-refractivity contribution in [3.8, 4) is 5.75 Å². The third-order valence-electron chi connectivity index (χ3n) is 3.87. The second kappa shape index (κ2) is 7.12. The molecule has 1 aliphatic rings. The zero-order valence-corrected chi connectivity index (χ0v) is 13.7. The van der Waals surface area contributed by atoms with Gasteiger partial charge in [-0.2, -0.15) is 0 Å².